The van der Waals surface area contributed by atoms with E-state index in [1.807, 2.05) is 0 Å². The topological polar surface area (TPSA) is 74.7 Å². The molecule has 6 heteroatoms. The van der Waals surface area contributed by atoms with Crippen LogP contribution < -0.4 is 15.2 Å². The van der Waals surface area contributed by atoms with E-state index in [2.05, 4.69) is 10.1 Å². The molecular weight excluding hydrogens is 184 g/mol. The summed E-state index contributed by atoms with van der Waals surface area (Å²) in [5.41, 5.74) is 6.04. The Bertz CT molecular complexity index is 466. The van der Waals surface area contributed by atoms with Crippen LogP contribution in [0.25, 0.3) is 5.65 Å². The maximum Gasteiger partial charge on any atom is 0.240 e. The van der Waals surface area contributed by atoms with Gasteiger partial charge in [-0.25, -0.2) is 4.52 Å². The summed E-state index contributed by atoms with van der Waals surface area (Å²) in [6.45, 7) is 0. The molecule has 0 bridgehead atoms. The van der Waals surface area contributed by atoms with Crippen molar-refractivity contribution < 1.29 is 9.47 Å². The molecule has 0 spiro atoms. The van der Waals surface area contributed by atoms with Crippen molar-refractivity contribution in [1.82, 2.24) is 14.6 Å². The van der Waals surface area contributed by atoms with Crippen molar-refractivity contribution in [1.29, 1.82) is 0 Å². The maximum atomic E-state index is 5.47. The van der Waals surface area contributed by atoms with Crippen LogP contribution in [0.4, 0.5) is 5.95 Å². The molecule has 14 heavy (non-hydrogen) atoms. The number of rotatable bonds is 2. The van der Waals surface area contributed by atoms with Gasteiger partial charge in [0.05, 0.1) is 20.4 Å². The van der Waals surface area contributed by atoms with Crippen molar-refractivity contribution in [2.24, 2.45) is 0 Å². The Balaban J connectivity index is 2.72. The number of hydrogen-bond donors (Lipinski definition) is 1. The number of nitrogens with zero attached hydrogens (tertiary/aromatic N) is 3. The highest BCUT2D eigenvalue weighted by Gasteiger charge is 2.08. The smallest absolute Gasteiger partial charge is 0.240 e. The normalized spacial score (nSPS) is 10.4. The molecule has 0 atom stereocenters. The first-order chi connectivity index (χ1) is 6.74. The number of hydrogen-bond acceptors (Lipinski definition) is 5. The van der Waals surface area contributed by atoms with Gasteiger partial charge in [0.15, 0.2) is 11.4 Å². The van der Waals surface area contributed by atoms with Crippen LogP contribution in [0.15, 0.2) is 12.3 Å². The number of ether oxygens (including phenoxy) is 2. The number of methoxy groups -OCH3 is 2. The Labute approximate surface area is 80.3 Å². The van der Waals surface area contributed by atoms with Crippen LogP contribution >= 0.6 is 0 Å². The standard InChI is InChI=1S/C8H10N4O2/c1-13-5-3-6(14-2)7-10-8(9)11-12(7)4-5/h3-4H,1-2H3,(H2,9,11). The second-order valence-electron chi connectivity index (χ2n) is 2.69. The summed E-state index contributed by atoms with van der Waals surface area (Å²) in [5, 5.41) is 3.95. The van der Waals surface area contributed by atoms with Crippen LogP contribution in [-0.2, 0) is 0 Å². The third-order valence-corrected chi connectivity index (χ3v) is 1.85. The van der Waals surface area contributed by atoms with Crippen molar-refractivity contribution in [3.05, 3.63) is 12.3 Å². The summed E-state index contributed by atoms with van der Waals surface area (Å²) in [5.74, 6) is 1.42. The zero-order chi connectivity index (χ0) is 10.1. The number of nitrogen functional groups attached to an aromatic ring is 1. The van der Waals surface area contributed by atoms with Crippen LogP contribution in [0.1, 0.15) is 0 Å². The van der Waals surface area contributed by atoms with Gasteiger partial charge in [-0.3, -0.25) is 0 Å². The first kappa shape index (κ1) is 8.61. The minimum Gasteiger partial charge on any atom is -0.495 e. The number of anilines is 1. The summed E-state index contributed by atoms with van der Waals surface area (Å²) in [4.78, 5) is 4.01. The van der Waals surface area contributed by atoms with Gasteiger partial charge in [-0.05, 0) is 0 Å². The van der Waals surface area contributed by atoms with E-state index in [1.165, 1.54) is 4.52 Å². The predicted molar refractivity (Wildman–Crippen MR) is 50.5 cm³/mol. The summed E-state index contributed by atoms with van der Waals surface area (Å²) >= 11 is 0. The first-order valence-corrected chi connectivity index (χ1v) is 3.98. The number of pyridine rings is 1. The van der Waals surface area contributed by atoms with Crippen molar-refractivity contribution in [2.45, 2.75) is 0 Å². The molecule has 2 aromatic rings. The average molecular weight is 194 g/mol. The lowest BCUT2D eigenvalue weighted by Crippen LogP contribution is -1.94. The Morgan fingerprint density at radius 3 is 2.79 bits per heavy atom. The van der Waals surface area contributed by atoms with Crippen LogP contribution in [0, 0.1) is 0 Å². The summed E-state index contributed by atoms with van der Waals surface area (Å²) in [6.07, 6.45) is 1.68. The van der Waals surface area contributed by atoms with E-state index in [4.69, 9.17) is 15.2 Å². The molecule has 2 heterocycles. The number of fused-ring (bicyclic) bond motifs is 1. The van der Waals surface area contributed by atoms with Gasteiger partial charge in [0, 0.05) is 6.07 Å². The molecule has 0 aromatic carbocycles. The van der Waals surface area contributed by atoms with Crippen LogP contribution in [0.3, 0.4) is 0 Å². The van der Waals surface area contributed by atoms with Gasteiger partial charge in [0.25, 0.3) is 0 Å². The highest BCUT2D eigenvalue weighted by atomic mass is 16.5. The van der Waals surface area contributed by atoms with Crippen LogP contribution in [0.2, 0.25) is 0 Å². The van der Waals surface area contributed by atoms with Gasteiger partial charge in [-0.15, -0.1) is 5.10 Å². The Hall–Kier alpha value is -1.98. The van der Waals surface area contributed by atoms with Crippen molar-refractivity contribution in [2.75, 3.05) is 20.0 Å². The van der Waals surface area contributed by atoms with Crippen LogP contribution in [0.5, 0.6) is 11.5 Å². The minimum absolute atomic E-state index is 0.205. The van der Waals surface area contributed by atoms with E-state index >= 15 is 0 Å². The van der Waals surface area contributed by atoms with Gasteiger partial charge in [-0.1, -0.05) is 0 Å². The summed E-state index contributed by atoms with van der Waals surface area (Å²) < 4.78 is 11.7. The van der Waals surface area contributed by atoms with E-state index in [0.717, 1.165) is 0 Å². The lowest BCUT2D eigenvalue weighted by atomic mass is 10.4. The highest BCUT2D eigenvalue weighted by molar-refractivity contribution is 5.57. The van der Waals surface area contributed by atoms with Gasteiger partial charge >= 0.3 is 0 Å². The van der Waals surface area contributed by atoms with E-state index in [9.17, 15) is 0 Å². The van der Waals surface area contributed by atoms with E-state index < -0.39 is 0 Å². The van der Waals surface area contributed by atoms with Gasteiger partial charge in [0.1, 0.15) is 5.75 Å². The molecule has 2 N–H and O–H groups in total. The molecular formula is C8H10N4O2. The fourth-order valence-corrected chi connectivity index (χ4v) is 1.21. The molecule has 0 amide bonds. The summed E-state index contributed by atoms with van der Waals surface area (Å²) in [6, 6.07) is 1.73. The molecule has 74 valence electrons. The molecule has 0 saturated heterocycles. The molecule has 2 aromatic heterocycles. The SMILES string of the molecule is COc1cc(OC)c2nc(N)nn2c1. The second-order valence-corrected chi connectivity index (χ2v) is 2.69. The Morgan fingerprint density at radius 1 is 1.36 bits per heavy atom. The molecule has 0 saturated carbocycles. The van der Waals surface area contributed by atoms with Crippen molar-refractivity contribution in [3.8, 4) is 11.5 Å². The quantitative estimate of drug-likeness (QED) is 0.745. The lowest BCUT2D eigenvalue weighted by Gasteiger charge is -2.04. The second kappa shape index (κ2) is 3.06. The van der Waals surface area contributed by atoms with Crippen LogP contribution in [-0.4, -0.2) is 28.8 Å². The largest absolute Gasteiger partial charge is 0.495 e. The molecule has 0 unspecified atom stereocenters. The van der Waals surface area contributed by atoms with Gasteiger partial charge in [0.2, 0.25) is 5.95 Å². The first-order valence-electron chi connectivity index (χ1n) is 3.98. The van der Waals surface area contributed by atoms with E-state index in [0.29, 0.717) is 17.1 Å². The fourth-order valence-electron chi connectivity index (χ4n) is 1.21. The minimum atomic E-state index is 0.205. The van der Waals surface area contributed by atoms with Gasteiger partial charge < -0.3 is 15.2 Å². The molecule has 0 radical (unpaired) electrons. The van der Waals surface area contributed by atoms with Crippen molar-refractivity contribution >= 4 is 11.6 Å². The fraction of sp³-hybridized carbons (Fsp3) is 0.250. The maximum absolute atomic E-state index is 5.47. The molecule has 0 aliphatic heterocycles. The Morgan fingerprint density at radius 2 is 2.14 bits per heavy atom. The van der Waals surface area contributed by atoms with E-state index in [1.54, 1.807) is 26.5 Å². The van der Waals surface area contributed by atoms with Crippen molar-refractivity contribution in [3.63, 3.8) is 0 Å². The third-order valence-electron chi connectivity index (χ3n) is 1.85. The lowest BCUT2D eigenvalue weighted by molar-refractivity contribution is 0.392. The van der Waals surface area contributed by atoms with E-state index in [-0.39, 0.29) is 5.95 Å². The predicted octanol–water partition coefficient (Wildman–Crippen LogP) is 0.329. The Kier molecular flexibility index (Phi) is 1.88. The molecule has 0 fully saturated rings. The number of nitrogens with two attached hydrogens (primary N) is 1. The molecule has 0 aliphatic carbocycles. The highest BCUT2D eigenvalue weighted by Crippen LogP contribution is 2.24. The monoisotopic (exact) mass is 194 g/mol. The average Bonchev–Trinajstić information content (AvgIpc) is 2.56. The van der Waals surface area contributed by atoms with Gasteiger partial charge in [-0.2, -0.15) is 4.98 Å². The number of aromatic nitrogens is 3. The molecule has 0 aliphatic rings. The molecule has 2 rings (SSSR count). The zero-order valence-electron chi connectivity index (χ0n) is 7.89. The summed E-state index contributed by atoms with van der Waals surface area (Å²) in [7, 11) is 3.13. The molecule has 6 nitrogen and oxygen atoms in total. The zero-order valence-corrected chi connectivity index (χ0v) is 7.89. The third kappa shape index (κ3) is 1.20.